The topological polar surface area (TPSA) is 170 Å². The number of carbonyl (C=O) groups is 2. The molecular formula is C30H32N6O7S. The molecule has 1 saturated heterocycles. The Kier molecular flexibility index (Phi) is 10.4. The van der Waals surface area contributed by atoms with E-state index in [1.807, 2.05) is 24.3 Å². The predicted molar refractivity (Wildman–Crippen MR) is 160 cm³/mol. The molecule has 3 atom stereocenters. The molecule has 13 nitrogen and oxygen atoms in total. The summed E-state index contributed by atoms with van der Waals surface area (Å²) in [7, 11) is 0. The number of nitrogens with zero attached hydrogens (tertiary/aromatic N) is 4. The van der Waals surface area contributed by atoms with Gasteiger partial charge in [-0.25, -0.2) is 4.79 Å². The Morgan fingerprint density at radius 2 is 1.75 bits per heavy atom. The van der Waals surface area contributed by atoms with Crippen LogP contribution in [-0.2, 0) is 25.6 Å². The number of benzene rings is 3. The molecule has 1 aliphatic rings. The highest BCUT2D eigenvalue weighted by Crippen LogP contribution is 2.39. The van der Waals surface area contributed by atoms with Crippen LogP contribution in [0.1, 0.15) is 42.4 Å². The summed E-state index contributed by atoms with van der Waals surface area (Å²) in [5.41, 5.74) is 3.75. The van der Waals surface area contributed by atoms with Crippen LogP contribution in [0.15, 0.2) is 78.0 Å². The molecule has 3 aromatic carbocycles. The smallest absolute Gasteiger partial charge is 0.325 e. The van der Waals surface area contributed by atoms with Crippen molar-refractivity contribution < 1.29 is 34.0 Å². The lowest BCUT2D eigenvalue weighted by atomic mass is 10.0. The number of aromatic nitrogens is 4. The Morgan fingerprint density at radius 1 is 1.02 bits per heavy atom. The zero-order valence-corrected chi connectivity index (χ0v) is 24.6. The summed E-state index contributed by atoms with van der Waals surface area (Å²) >= 11 is 1.44. The molecule has 0 saturated carbocycles. The second-order valence-electron chi connectivity index (χ2n) is 9.79. The number of urea groups is 1. The van der Waals surface area contributed by atoms with Crippen molar-refractivity contribution in [1.82, 2.24) is 25.5 Å². The first kappa shape index (κ1) is 30.9. The molecule has 2 heterocycles. The molecule has 1 aromatic heterocycles. The minimum Gasteiger partial charge on any atom is -0.508 e. The second-order valence-corrected chi connectivity index (χ2v) is 10.8. The van der Waals surface area contributed by atoms with Crippen molar-refractivity contribution in [3.63, 3.8) is 0 Å². The van der Waals surface area contributed by atoms with Crippen molar-refractivity contribution in [1.29, 1.82) is 0 Å². The van der Waals surface area contributed by atoms with E-state index in [0.29, 0.717) is 28.7 Å². The Labute approximate surface area is 257 Å². The number of phenolic OH excluding ortho intramolecular Hbond substituents is 1. The molecule has 5 rings (SSSR count). The molecule has 1 fully saturated rings. The van der Waals surface area contributed by atoms with Crippen LogP contribution in [0, 0.1) is 0 Å². The minimum atomic E-state index is -0.698. The monoisotopic (exact) mass is 620 g/mol. The van der Waals surface area contributed by atoms with Crippen LogP contribution in [0.25, 0.3) is 5.69 Å². The number of ether oxygens (including phenoxy) is 3. The van der Waals surface area contributed by atoms with Crippen molar-refractivity contribution in [3.05, 3.63) is 89.5 Å². The number of esters is 1. The predicted octanol–water partition coefficient (Wildman–Crippen LogP) is 3.88. The molecule has 0 spiro atoms. The summed E-state index contributed by atoms with van der Waals surface area (Å²) in [5, 5.41) is 36.9. The molecule has 0 bridgehead atoms. The first-order valence-corrected chi connectivity index (χ1v) is 14.9. The van der Waals surface area contributed by atoms with Gasteiger partial charge in [0.2, 0.25) is 5.16 Å². The van der Waals surface area contributed by atoms with Gasteiger partial charge in [-0.2, -0.15) is 4.68 Å². The van der Waals surface area contributed by atoms with E-state index >= 15 is 0 Å². The Hall–Kier alpha value is -4.50. The van der Waals surface area contributed by atoms with Gasteiger partial charge in [0.15, 0.2) is 6.29 Å². The van der Waals surface area contributed by atoms with Crippen LogP contribution < -0.4 is 10.6 Å². The number of hydrogen-bond donors (Lipinski definition) is 4. The summed E-state index contributed by atoms with van der Waals surface area (Å²) in [6, 6.07) is 20.7. The summed E-state index contributed by atoms with van der Waals surface area (Å²) in [4.78, 5) is 23.7. The quantitative estimate of drug-likeness (QED) is 0.142. The maximum absolute atomic E-state index is 12.2. The lowest BCUT2D eigenvalue weighted by molar-refractivity contribution is -0.245. The molecule has 3 unspecified atom stereocenters. The van der Waals surface area contributed by atoms with Crippen molar-refractivity contribution in [2.24, 2.45) is 0 Å². The normalized spacial score (nSPS) is 18.0. The molecule has 4 aromatic rings. The molecule has 0 aliphatic carbocycles. The van der Waals surface area contributed by atoms with Crippen molar-refractivity contribution >= 4 is 29.4 Å². The highest BCUT2D eigenvalue weighted by Gasteiger charge is 2.32. The van der Waals surface area contributed by atoms with E-state index in [2.05, 4.69) is 26.2 Å². The minimum absolute atomic E-state index is 0.0478. The Bertz CT molecular complexity index is 1530. The van der Waals surface area contributed by atoms with Gasteiger partial charge in [-0.3, -0.25) is 4.79 Å². The summed E-state index contributed by atoms with van der Waals surface area (Å²) in [5.74, 6) is 0.163. The van der Waals surface area contributed by atoms with Crippen molar-refractivity contribution in [2.45, 2.75) is 43.6 Å². The number of thioether (sulfide) groups is 1. The van der Waals surface area contributed by atoms with E-state index in [1.54, 1.807) is 60.1 Å². The fraction of sp³-hybridized carbons (Fsp3) is 0.300. The number of rotatable bonds is 11. The number of aliphatic hydroxyl groups excluding tert-OH is 1. The highest BCUT2D eigenvalue weighted by molar-refractivity contribution is 7.99. The van der Waals surface area contributed by atoms with Crippen LogP contribution in [-0.4, -0.2) is 67.4 Å². The molecule has 1 aliphatic heterocycles. The molecule has 14 heteroatoms. The van der Waals surface area contributed by atoms with Crippen molar-refractivity contribution in [2.75, 3.05) is 24.2 Å². The van der Waals surface area contributed by atoms with E-state index in [0.717, 1.165) is 16.7 Å². The number of tetrazole rings is 1. The third-order valence-corrected chi connectivity index (χ3v) is 7.74. The van der Waals surface area contributed by atoms with E-state index in [9.17, 15) is 19.8 Å². The first-order valence-electron chi connectivity index (χ1n) is 13.9. The van der Waals surface area contributed by atoms with E-state index in [4.69, 9.17) is 14.2 Å². The van der Waals surface area contributed by atoms with Gasteiger partial charge >= 0.3 is 12.0 Å². The fourth-order valence-corrected chi connectivity index (χ4v) is 5.39. The maximum atomic E-state index is 12.2. The molecule has 4 N–H and O–H groups in total. The number of amides is 2. The number of aromatic hydroxyl groups is 1. The lowest BCUT2D eigenvalue weighted by Gasteiger charge is -2.36. The average molecular weight is 621 g/mol. The van der Waals surface area contributed by atoms with Gasteiger partial charge in [-0.1, -0.05) is 48.2 Å². The number of carbonyl (C=O) groups excluding carboxylic acids is 2. The Morgan fingerprint density at radius 3 is 2.45 bits per heavy atom. The Balaban J connectivity index is 1.28. The van der Waals surface area contributed by atoms with Gasteiger partial charge in [0.25, 0.3) is 0 Å². The summed E-state index contributed by atoms with van der Waals surface area (Å²) in [6.45, 7) is 1.65. The second kappa shape index (κ2) is 14.8. The number of anilines is 1. The number of nitrogens with one attached hydrogen (secondary N) is 2. The van der Waals surface area contributed by atoms with Gasteiger partial charge < -0.3 is 35.1 Å². The third kappa shape index (κ3) is 8.11. The number of aliphatic hydroxyl groups is 1. The van der Waals surface area contributed by atoms with Gasteiger partial charge in [0.1, 0.15) is 12.3 Å². The first-order chi connectivity index (χ1) is 21.4. The lowest BCUT2D eigenvalue weighted by Crippen LogP contribution is -2.34. The van der Waals surface area contributed by atoms with Gasteiger partial charge in [-0.15, -0.1) is 5.10 Å². The molecule has 230 valence electrons. The van der Waals surface area contributed by atoms with Crippen LogP contribution in [0.3, 0.4) is 0 Å². The average Bonchev–Trinajstić information content (AvgIpc) is 3.52. The summed E-state index contributed by atoms with van der Waals surface area (Å²) < 4.78 is 19.2. The van der Waals surface area contributed by atoms with Crippen LogP contribution >= 0.6 is 11.8 Å². The van der Waals surface area contributed by atoms with E-state index < -0.39 is 18.3 Å². The van der Waals surface area contributed by atoms with Gasteiger partial charge in [0, 0.05) is 23.4 Å². The zero-order valence-electron chi connectivity index (χ0n) is 23.8. The van der Waals surface area contributed by atoms with Crippen molar-refractivity contribution in [3.8, 4) is 11.4 Å². The SMILES string of the molecule is CCOC(=O)CNC(=O)Nc1ccc(C2OC(CSc3nnnn3-c3ccc(O)cc3)CC(c3ccc(CO)cc3)O2)cc1. The van der Waals surface area contributed by atoms with Crippen LogP contribution in [0.4, 0.5) is 10.5 Å². The molecular weight excluding hydrogens is 588 g/mol. The third-order valence-electron chi connectivity index (χ3n) is 6.69. The standard InChI is InChI=1S/C30H32N6O7S/c1-2-41-27(39)16-31-29(40)32-22-9-7-21(8-10-22)28-42-25(15-26(43-28)20-5-3-19(17-37)4-6-20)18-44-30-33-34-35-36(30)23-11-13-24(38)14-12-23/h3-14,25-26,28,37-38H,2,15-18H2,1H3,(H2,31,32,40). The zero-order chi connectivity index (χ0) is 30.9. The summed E-state index contributed by atoms with van der Waals surface area (Å²) in [6.07, 6.45) is -0.649. The van der Waals surface area contributed by atoms with Gasteiger partial charge in [-0.05, 0) is 64.9 Å². The molecule has 2 amide bonds. The number of phenols is 1. The molecule has 44 heavy (non-hydrogen) atoms. The van der Waals surface area contributed by atoms with Crippen LogP contribution in [0.5, 0.6) is 5.75 Å². The highest BCUT2D eigenvalue weighted by atomic mass is 32.2. The van der Waals surface area contributed by atoms with E-state index in [-0.39, 0.29) is 37.7 Å². The number of hydrogen-bond acceptors (Lipinski definition) is 11. The largest absolute Gasteiger partial charge is 0.508 e. The van der Waals surface area contributed by atoms with Crippen LogP contribution in [0.2, 0.25) is 0 Å². The molecule has 0 radical (unpaired) electrons. The van der Waals surface area contributed by atoms with E-state index in [1.165, 1.54) is 11.8 Å². The fourth-order valence-electron chi connectivity index (χ4n) is 4.48. The van der Waals surface area contributed by atoms with Gasteiger partial charge in [0.05, 0.1) is 31.1 Å². The maximum Gasteiger partial charge on any atom is 0.325 e.